The van der Waals surface area contributed by atoms with Gasteiger partial charge in [0.15, 0.2) is 0 Å². The van der Waals surface area contributed by atoms with Crippen molar-refractivity contribution in [2.45, 2.75) is 70.4 Å². The van der Waals surface area contributed by atoms with E-state index in [1.54, 1.807) is 19.1 Å². The fraction of sp³-hybridized carbons (Fsp3) is 0.422. The molecule has 1 saturated carbocycles. The van der Waals surface area contributed by atoms with Crippen LogP contribution in [0.5, 0.6) is 11.6 Å². The second-order valence-corrected chi connectivity index (χ2v) is 16.1. The Bertz CT molecular complexity index is 2310. The summed E-state index contributed by atoms with van der Waals surface area (Å²) in [5.74, 6) is -0.424. The van der Waals surface area contributed by atoms with E-state index in [0.29, 0.717) is 41.2 Å². The number of amides is 4. The summed E-state index contributed by atoms with van der Waals surface area (Å²) in [5, 5.41) is 4.56. The molecule has 13 heteroatoms. The minimum atomic E-state index is -1.01. The highest BCUT2D eigenvalue weighted by molar-refractivity contribution is 6.09. The van der Waals surface area contributed by atoms with Gasteiger partial charge < -0.3 is 23.7 Å². The lowest BCUT2D eigenvalue weighted by molar-refractivity contribution is -0.139. The van der Waals surface area contributed by atoms with Crippen LogP contribution in [0.2, 0.25) is 0 Å². The summed E-state index contributed by atoms with van der Waals surface area (Å²) in [7, 11) is 2.09. The number of aromatic nitrogens is 3. The van der Waals surface area contributed by atoms with Gasteiger partial charge in [0.2, 0.25) is 24.1 Å². The Kier molecular flexibility index (Phi) is 11.5. The molecule has 1 aliphatic carbocycles. The zero-order valence-electron chi connectivity index (χ0n) is 33.2. The van der Waals surface area contributed by atoms with E-state index in [2.05, 4.69) is 56.1 Å². The minimum absolute atomic E-state index is 0.0712. The van der Waals surface area contributed by atoms with Gasteiger partial charge >= 0.3 is 0 Å². The summed E-state index contributed by atoms with van der Waals surface area (Å²) in [6.45, 7) is 7.08. The van der Waals surface area contributed by atoms with E-state index in [-0.39, 0.29) is 18.9 Å². The van der Waals surface area contributed by atoms with E-state index >= 15 is 0 Å². The number of ether oxygens (including phenoxy) is 3. The van der Waals surface area contributed by atoms with Crippen LogP contribution in [0.1, 0.15) is 67.3 Å². The second kappa shape index (κ2) is 17.1. The van der Waals surface area contributed by atoms with Gasteiger partial charge in [-0.15, -0.1) is 0 Å². The highest BCUT2D eigenvalue weighted by Crippen LogP contribution is 2.49. The standard InChI is InChI=1S/C45H50N6O7/c1-30-7-10-33(22-36(30)44(55)51(29-52)39-12-13-41(53)48-43(39)54)58-34-23-45(24-34)27-50(28-45)17-3-4-18-56-19-5-6-20-57-42-14-9-32(25-47-42)31-8-11-35-37-26-46-16-15-38(37)49(2)40(35)21-31/h7-11,14-16,21-22,25-26,29,34,39H,3-6,12-13,17-20,23-24,27-28H2,1-2H3,(H,48,53,54). The molecule has 4 amide bonds. The van der Waals surface area contributed by atoms with E-state index < -0.39 is 23.8 Å². The Morgan fingerprint density at radius 1 is 0.931 bits per heavy atom. The normalized spacial score (nSPS) is 17.9. The zero-order valence-corrected chi connectivity index (χ0v) is 33.2. The smallest absolute Gasteiger partial charge is 0.261 e. The maximum atomic E-state index is 13.3. The molecule has 1 spiro atoms. The van der Waals surface area contributed by atoms with Crippen molar-refractivity contribution in [3.05, 3.63) is 84.3 Å². The molecular formula is C45H50N6O7. The fourth-order valence-corrected chi connectivity index (χ4v) is 8.75. The highest BCUT2D eigenvalue weighted by atomic mass is 16.5. The van der Waals surface area contributed by atoms with Gasteiger partial charge in [0.05, 0.1) is 18.2 Å². The summed E-state index contributed by atoms with van der Waals surface area (Å²) in [5.41, 5.74) is 5.78. The molecule has 1 unspecified atom stereocenters. The summed E-state index contributed by atoms with van der Waals surface area (Å²) in [6, 6.07) is 16.8. The lowest BCUT2D eigenvalue weighted by Crippen LogP contribution is -2.64. The van der Waals surface area contributed by atoms with Crippen LogP contribution in [0.15, 0.2) is 73.2 Å². The summed E-state index contributed by atoms with van der Waals surface area (Å²) in [6.07, 6.45) is 12.2. The van der Waals surface area contributed by atoms with Gasteiger partial charge in [-0.3, -0.25) is 34.4 Å². The molecule has 1 atom stereocenters. The molecule has 2 saturated heterocycles. The van der Waals surface area contributed by atoms with Crippen LogP contribution in [-0.2, 0) is 26.2 Å². The second-order valence-electron chi connectivity index (χ2n) is 16.1. The van der Waals surface area contributed by atoms with Crippen molar-refractivity contribution in [2.24, 2.45) is 12.5 Å². The number of carbonyl (C=O) groups excluding carboxylic acids is 4. The molecule has 3 aliphatic rings. The van der Waals surface area contributed by atoms with Crippen molar-refractivity contribution in [2.75, 3.05) is 39.5 Å². The number of rotatable bonds is 17. The van der Waals surface area contributed by atoms with E-state index in [1.165, 1.54) is 16.4 Å². The third kappa shape index (κ3) is 8.32. The number of pyridine rings is 2. The number of imide groups is 2. The first-order chi connectivity index (χ1) is 28.2. The number of likely N-dealkylation sites (tertiary alicyclic amines) is 1. The largest absolute Gasteiger partial charge is 0.490 e. The van der Waals surface area contributed by atoms with Crippen molar-refractivity contribution >= 4 is 45.9 Å². The molecule has 5 aromatic rings. The van der Waals surface area contributed by atoms with Gasteiger partial charge in [-0.2, -0.15) is 0 Å². The molecule has 3 fully saturated rings. The van der Waals surface area contributed by atoms with Gasteiger partial charge in [-0.1, -0.05) is 18.2 Å². The number of hydrogen-bond donors (Lipinski definition) is 1. The first-order valence-electron chi connectivity index (χ1n) is 20.3. The van der Waals surface area contributed by atoms with Crippen molar-refractivity contribution < 1.29 is 33.4 Å². The number of nitrogens with one attached hydrogen (secondary N) is 1. The quantitative estimate of drug-likeness (QED) is 0.0677. The molecule has 58 heavy (non-hydrogen) atoms. The Hall–Kier alpha value is -5.66. The maximum absolute atomic E-state index is 13.3. The van der Waals surface area contributed by atoms with Crippen molar-refractivity contribution in [3.8, 4) is 22.8 Å². The van der Waals surface area contributed by atoms with Crippen LogP contribution >= 0.6 is 0 Å². The van der Waals surface area contributed by atoms with Crippen LogP contribution in [0, 0.1) is 12.3 Å². The van der Waals surface area contributed by atoms with Crippen LogP contribution in [0.25, 0.3) is 32.9 Å². The van der Waals surface area contributed by atoms with Gasteiger partial charge in [-0.25, -0.2) is 4.98 Å². The summed E-state index contributed by atoms with van der Waals surface area (Å²) < 4.78 is 20.2. The molecule has 302 valence electrons. The molecule has 5 heterocycles. The number of hydrogen-bond acceptors (Lipinski definition) is 10. The molecule has 8 rings (SSSR count). The predicted octanol–water partition coefficient (Wildman–Crippen LogP) is 6.00. The third-order valence-corrected chi connectivity index (χ3v) is 11.9. The maximum Gasteiger partial charge on any atom is 0.261 e. The van der Waals surface area contributed by atoms with Crippen LogP contribution in [-0.4, -0.2) is 100 Å². The molecular weight excluding hydrogens is 737 g/mol. The predicted molar refractivity (Wildman–Crippen MR) is 218 cm³/mol. The average Bonchev–Trinajstić information content (AvgIpc) is 3.49. The van der Waals surface area contributed by atoms with E-state index in [0.717, 1.165) is 92.8 Å². The Morgan fingerprint density at radius 2 is 1.72 bits per heavy atom. The zero-order chi connectivity index (χ0) is 40.2. The fourth-order valence-electron chi connectivity index (χ4n) is 8.75. The summed E-state index contributed by atoms with van der Waals surface area (Å²) >= 11 is 0. The SMILES string of the molecule is Cc1ccc(OC2CC3(C2)CN(CCCCOCCCCOc2ccc(-c4ccc5c6cnccc6n(C)c5c4)cn2)C3)cc1C(=O)N(C=O)C1CCC(=O)NC1=O. The molecule has 2 aliphatic heterocycles. The highest BCUT2D eigenvalue weighted by Gasteiger charge is 2.53. The molecule has 1 N–H and O–H groups in total. The lowest BCUT2D eigenvalue weighted by Gasteiger charge is -2.58. The van der Waals surface area contributed by atoms with E-state index in [1.807, 2.05) is 36.8 Å². The first kappa shape index (κ1) is 39.2. The number of nitrogens with zero attached hydrogens (tertiary/aromatic N) is 5. The number of aryl methyl sites for hydroxylation is 2. The molecule has 0 bridgehead atoms. The number of unbranched alkanes of at least 4 members (excludes halogenated alkanes) is 2. The summed E-state index contributed by atoms with van der Waals surface area (Å²) in [4.78, 5) is 61.3. The minimum Gasteiger partial charge on any atom is -0.490 e. The number of benzene rings is 2. The third-order valence-electron chi connectivity index (χ3n) is 11.9. The van der Waals surface area contributed by atoms with Crippen molar-refractivity contribution in [1.82, 2.24) is 29.7 Å². The first-order valence-corrected chi connectivity index (χ1v) is 20.3. The lowest BCUT2D eigenvalue weighted by atomic mass is 9.61. The molecule has 2 aromatic carbocycles. The Labute approximate surface area is 337 Å². The van der Waals surface area contributed by atoms with E-state index in [9.17, 15) is 19.2 Å². The Balaban J connectivity index is 0.672. The number of piperidine rings is 1. The van der Waals surface area contributed by atoms with Gasteiger partial charge in [0.1, 0.15) is 11.8 Å². The number of carbonyl (C=O) groups is 4. The van der Waals surface area contributed by atoms with Crippen LogP contribution in [0.4, 0.5) is 0 Å². The topological polar surface area (TPSA) is 145 Å². The van der Waals surface area contributed by atoms with Crippen molar-refractivity contribution in [3.63, 3.8) is 0 Å². The van der Waals surface area contributed by atoms with Crippen molar-refractivity contribution in [1.29, 1.82) is 0 Å². The molecule has 3 aromatic heterocycles. The monoisotopic (exact) mass is 786 g/mol. The van der Waals surface area contributed by atoms with Crippen LogP contribution in [0.3, 0.4) is 0 Å². The average molecular weight is 787 g/mol. The van der Waals surface area contributed by atoms with Gasteiger partial charge in [0, 0.05) is 97.3 Å². The van der Waals surface area contributed by atoms with Gasteiger partial charge in [0.25, 0.3) is 5.91 Å². The van der Waals surface area contributed by atoms with Gasteiger partial charge in [-0.05, 0) is 99.9 Å². The van der Waals surface area contributed by atoms with E-state index in [4.69, 9.17) is 14.2 Å². The number of fused-ring (bicyclic) bond motifs is 3. The molecule has 13 nitrogen and oxygen atoms in total. The van der Waals surface area contributed by atoms with Crippen LogP contribution < -0.4 is 14.8 Å². The Morgan fingerprint density at radius 3 is 2.50 bits per heavy atom. The molecule has 0 radical (unpaired) electrons.